The van der Waals surface area contributed by atoms with Gasteiger partial charge in [0, 0.05) is 5.38 Å². The summed E-state index contributed by atoms with van der Waals surface area (Å²) >= 11 is 4.74. The molecule has 0 spiro atoms. The van der Waals surface area contributed by atoms with E-state index < -0.39 is 0 Å². The molecule has 2 rings (SSSR count). The fourth-order valence-electron chi connectivity index (χ4n) is 0.681. The van der Waals surface area contributed by atoms with Crippen LogP contribution in [0.5, 0.6) is 0 Å². The molecule has 0 aliphatic rings. The number of thiazole rings is 1. The molecule has 0 unspecified atom stereocenters. The quantitative estimate of drug-likeness (QED) is 0.756. The van der Waals surface area contributed by atoms with Gasteiger partial charge in [-0.1, -0.05) is 0 Å². The molecule has 0 saturated heterocycles. The van der Waals surface area contributed by atoms with Gasteiger partial charge < -0.3 is 4.42 Å². The third kappa shape index (κ3) is 1.34. The Morgan fingerprint density at radius 2 is 2.45 bits per heavy atom. The van der Waals surface area contributed by atoms with Crippen molar-refractivity contribution in [1.29, 1.82) is 0 Å². The normalized spacial score (nSPS) is 10.3. The number of nitrogens with zero attached hydrogens (tertiary/aromatic N) is 2. The molecule has 0 saturated carbocycles. The summed E-state index contributed by atoms with van der Waals surface area (Å²) in [5, 5.41) is 2.68. The molecular formula is C6H3BrN2OS. The van der Waals surface area contributed by atoms with Crippen LogP contribution in [0.25, 0.3) is 10.9 Å². The number of oxazole rings is 1. The molecule has 2 aromatic rings. The van der Waals surface area contributed by atoms with E-state index in [1.165, 1.54) is 17.6 Å². The van der Waals surface area contributed by atoms with E-state index in [1.807, 2.05) is 5.38 Å². The molecule has 0 radical (unpaired) electrons. The minimum Gasteiger partial charge on any atom is -0.443 e. The van der Waals surface area contributed by atoms with Crippen molar-refractivity contribution < 1.29 is 4.42 Å². The van der Waals surface area contributed by atoms with Crippen LogP contribution in [0, 0.1) is 0 Å². The molecule has 5 heteroatoms. The zero-order chi connectivity index (χ0) is 7.68. The summed E-state index contributed by atoms with van der Waals surface area (Å²) in [4.78, 5) is 8.09. The Hall–Kier alpha value is -0.680. The highest BCUT2D eigenvalue weighted by atomic mass is 79.9. The fraction of sp³-hybridized carbons (Fsp3) is 0. The number of hydrogen-bond donors (Lipinski definition) is 0. The van der Waals surface area contributed by atoms with Gasteiger partial charge in [-0.25, -0.2) is 9.97 Å². The molecule has 11 heavy (non-hydrogen) atoms. The van der Waals surface area contributed by atoms with E-state index in [-0.39, 0.29) is 0 Å². The Bertz CT molecular complexity index is 343. The van der Waals surface area contributed by atoms with Crippen molar-refractivity contribution in [2.24, 2.45) is 0 Å². The van der Waals surface area contributed by atoms with E-state index >= 15 is 0 Å². The average Bonchev–Trinajstić information content (AvgIpc) is 2.55. The van der Waals surface area contributed by atoms with Crippen molar-refractivity contribution in [3.8, 4) is 10.9 Å². The van der Waals surface area contributed by atoms with Crippen LogP contribution in [0.3, 0.4) is 0 Å². The van der Waals surface area contributed by atoms with Gasteiger partial charge in [-0.05, 0) is 15.9 Å². The van der Waals surface area contributed by atoms with Crippen molar-refractivity contribution in [3.63, 3.8) is 0 Å². The lowest BCUT2D eigenvalue weighted by Gasteiger charge is -1.82. The van der Waals surface area contributed by atoms with Crippen LogP contribution in [-0.4, -0.2) is 9.97 Å². The molecule has 2 aromatic heterocycles. The first-order chi connectivity index (χ1) is 5.36. The summed E-state index contributed by atoms with van der Waals surface area (Å²) in [6, 6.07) is 0. The van der Waals surface area contributed by atoms with Gasteiger partial charge in [-0.15, -0.1) is 11.3 Å². The SMILES string of the molecule is Brc1csc(-c2ncco2)n1. The second kappa shape index (κ2) is 2.75. The molecule has 2 heterocycles. The minimum absolute atomic E-state index is 0.570. The van der Waals surface area contributed by atoms with E-state index in [9.17, 15) is 0 Å². The fourth-order valence-corrected chi connectivity index (χ4v) is 1.87. The van der Waals surface area contributed by atoms with Gasteiger partial charge in [0.05, 0.1) is 6.20 Å². The Labute approximate surface area is 75.2 Å². The van der Waals surface area contributed by atoms with Crippen LogP contribution in [0.4, 0.5) is 0 Å². The van der Waals surface area contributed by atoms with Crippen LogP contribution < -0.4 is 0 Å². The van der Waals surface area contributed by atoms with E-state index in [0.717, 1.165) is 9.61 Å². The zero-order valence-electron chi connectivity index (χ0n) is 5.32. The molecule has 0 aromatic carbocycles. The second-order valence-electron chi connectivity index (χ2n) is 1.81. The second-order valence-corrected chi connectivity index (χ2v) is 3.48. The van der Waals surface area contributed by atoms with E-state index in [0.29, 0.717) is 5.89 Å². The summed E-state index contributed by atoms with van der Waals surface area (Å²) in [5.41, 5.74) is 0. The van der Waals surface area contributed by atoms with E-state index in [4.69, 9.17) is 4.42 Å². The topological polar surface area (TPSA) is 38.9 Å². The predicted octanol–water partition coefficient (Wildman–Crippen LogP) is 2.56. The highest BCUT2D eigenvalue weighted by Crippen LogP contribution is 2.23. The largest absolute Gasteiger partial charge is 0.443 e. The molecule has 0 atom stereocenters. The van der Waals surface area contributed by atoms with Gasteiger partial charge in [0.1, 0.15) is 10.9 Å². The molecule has 0 aliphatic carbocycles. The van der Waals surface area contributed by atoms with Crippen LogP contribution in [0.1, 0.15) is 0 Å². The molecule has 0 amide bonds. The number of halogens is 1. The highest BCUT2D eigenvalue weighted by Gasteiger charge is 2.05. The first-order valence-electron chi connectivity index (χ1n) is 2.87. The van der Waals surface area contributed by atoms with Crippen molar-refractivity contribution >= 4 is 27.3 Å². The Morgan fingerprint density at radius 3 is 3.00 bits per heavy atom. The first kappa shape index (κ1) is 7.00. The molecule has 3 nitrogen and oxygen atoms in total. The summed E-state index contributed by atoms with van der Waals surface area (Å²) < 4.78 is 5.86. The van der Waals surface area contributed by atoms with Crippen molar-refractivity contribution in [2.75, 3.05) is 0 Å². The monoisotopic (exact) mass is 230 g/mol. The number of hydrogen-bond acceptors (Lipinski definition) is 4. The first-order valence-corrected chi connectivity index (χ1v) is 4.54. The van der Waals surface area contributed by atoms with Crippen molar-refractivity contribution in [2.45, 2.75) is 0 Å². The van der Waals surface area contributed by atoms with E-state index in [1.54, 1.807) is 6.20 Å². The van der Waals surface area contributed by atoms with Crippen LogP contribution in [-0.2, 0) is 0 Å². The maximum Gasteiger partial charge on any atom is 0.255 e. The summed E-state index contributed by atoms with van der Waals surface area (Å²) in [6.07, 6.45) is 3.13. The lowest BCUT2D eigenvalue weighted by molar-refractivity contribution is 0.574. The van der Waals surface area contributed by atoms with Gasteiger partial charge in [-0.2, -0.15) is 0 Å². The Morgan fingerprint density at radius 1 is 1.55 bits per heavy atom. The maximum atomic E-state index is 5.05. The standard InChI is InChI=1S/C6H3BrN2OS/c7-4-3-11-6(9-4)5-8-1-2-10-5/h1-3H. The highest BCUT2D eigenvalue weighted by molar-refractivity contribution is 9.10. The average molecular weight is 231 g/mol. The molecule has 0 N–H and O–H groups in total. The van der Waals surface area contributed by atoms with Gasteiger partial charge in [0.25, 0.3) is 5.89 Å². The summed E-state index contributed by atoms with van der Waals surface area (Å²) in [7, 11) is 0. The lowest BCUT2D eigenvalue weighted by atomic mass is 10.7. The van der Waals surface area contributed by atoms with Crippen molar-refractivity contribution in [3.05, 3.63) is 22.4 Å². The van der Waals surface area contributed by atoms with Gasteiger partial charge in [-0.3, -0.25) is 0 Å². The number of rotatable bonds is 1. The molecule has 56 valence electrons. The maximum absolute atomic E-state index is 5.05. The van der Waals surface area contributed by atoms with E-state index in [2.05, 4.69) is 25.9 Å². The Kier molecular flexibility index (Phi) is 1.75. The van der Waals surface area contributed by atoms with Crippen LogP contribution in [0.15, 0.2) is 26.9 Å². The predicted molar refractivity (Wildman–Crippen MR) is 45.3 cm³/mol. The van der Waals surface area contributed by atoms with Crippen LogP contribution in [0.2, 0.25) is 0 Å². The molecular weight excluding hydrogens is 228 g/mol. The smallest absolute Gasteiger partial charge is 0.255 e. The van der Waals surface area contributed by atoms with Crippen molar-refractivity contribution in [1.82, 2.24) is 9.97 Å². The minimum atomic E-state index is 0.570. The number of aromatic nitrogens is 2. The van der Waals surface area contributed by atoms with Crippen LogP contribution >= 0.6 is 27.3 Å². The zero-order valence-corrected chi connectivity index (χ0v) is 7.72. The van der Waals surface area contributed by atoms with Gasteiger partial charge in [0.15, 0.2) is 5.01 Å². The van der Waals surface area contributed by atoms with Gasteiger partial charge >= 0.3 is 0 Å². The third-order valence-corrected chi connectivity index (χ3v) is 2.63. The summed E-state index contributed by atoms with van der Waals surface area (Å²) in [5.74, 6) is 0.570. The lowest BCUT2D eigenvalue weighted by Crippen LogP contribution is -1.72. The summed E-state index contributed by atoms with van der Waals surface area (Å²) in [6.45, 7) is 0. The Balaban J connectivity index is 2.45. The molecule has 0 fully saturated rings. The third-order valence-electron chi connectivity index (χ3n) is 1.09. The molecule has 0 bridgehead atoms. The van der Waals surface area contributed by atoms with Gasteiger partial charge in [0.2, 0.25) is 0 Å². The molecule has 0 aliphatic heterocycles.